The van der Waals surface area contributed by atoms with Gasteiger partial charge in [0.05, 0.1) is 0 Å². The molecule has 1 unspecified atom stereocenters. The summed E-state index contributed by atoms with van der Waals surface area (Å²) in [5.74, 6) is 0. The summed E-state index contributed by atoms with van der Waals surface area (Å²) < 4.78 is 0. The Balaban J connectivity index is 1.69. The second-order valence-corrected chi connectivity index (χ2v) is 7.61. The molecule has 21 heavy (non-hydrogen) atoms. The molecule has 2 nitrogen and oxygen atoms in total. The van der Waals surface area contributed by atoms with Crippen LogP contribution < -0.4 is 5.32 Å². The molecular formula is C19H32N2. The van der Waals surface area contributed by atoms with Crippen LogP contribution in [0.4, 0.5) is 0 Å². The lowest BCUT2D eigenvalue weighted by Gasteiger charge is -2.37. The van der Waals surface area contributed by atoms with E-state index in [2.05, 4.69) is 68.2 Å². The van der Waals surface area contributed by atoms with Crippen molar-refractivity contribution in [3.8, 4) is 0 Å². The van der Waals surface area contributed by atoms with Crippen LogP contribution in [0.2, 0.25) is 0 Å². The zero-order valence-corrected chi connectivity index (χ0v) is 14.2. The molecule has 1 aromatic carbocycles. The molecule has 0 spiro atoms. The molecule has 0 radical (unpaired) electrons. The van der Waals surface area contributed by atoms with Gasteiger partial charge in [0.1, 0.15) is 0 Å². The van der Waals surface area contributed by atoms with E-state index in [4.69, 9.17) is 0 Å². The van der Waals surface area contributed by atoms with Crippen molar-refractivity contribution in [3.63, 3.8) is 0 Å². The summed E-state index contributed by atoms with van der Waals surface area (Å²) in [5.41, 5.74) is 1.81. The first-order chi connectivity index (χ1) is 9.95. The van der Waals surface area contributed by atoms with E-state index >= 15 is 0 Å². The molecule has 0 bridgehead atoms. The van der Waals surface area contributed by atoms with Crippen molar-refractivity contribution >= 4 is 0 Å². The Morgan fingerprint density at radius 1 is 1.14 bits per heavy atom. The lowest BCUT2D eigenvalue weighted by molar-refractivity contribution is 0.173. The van der Waals surface area contributed by atoms with Crippen LogP contribution in [0, 0.1) is 5.41 Å². The van der Waals surface area contributed by atoms with Gasteiger partial charge in [-0.1, -0.05) is 51.1 Å². The third-order valence-electron chi connectivity index (χ3n) is 4.93. The largest absolute Gasteiger partial charge is 0.311 e. The van der Waals surface area contributed by atoms with Crippen LogP contribution in [0.5, 0.6) is 0 Å². The average Bonchev–Trinajstić information content (AvgIpc) is 2.46. The zero-order chi connectivity index (χ0) is 15.3. The van der Waals surface area contributed by atoms with Crippen molar-refractivity contribution in [1.82, 2.24) is 10.2 Å². The normalized spacial score (nSPS) is 19.6. The summed E-state index contributed by atoms with van der Waals surface area (Å²) in [6.45, 7) is 13.0. The van der Waals surface area contributed by atoms with Gasteiger partial charge in [-0.3, -0.25) is 0 Å². The standard InChI is InChI=1S/C19H32N2/c1-16(19(2,3)4)20-18-11-14-21(15-12-18)13-10-17-8-6-5-7-9-17/h5-9,16,18,20H,10-15H2,1-4H3. The van der Waals surface area contributed by atoms with Gasteiger partial charge in [0.2, 0.25) is 0 Å². The average molecular weight is 288 g/mol. The summed E-state index contributed by atoms with van der Waals surface area (Å²) in [5, 5.41) is 3.83. The van der Waals surface area contributed by atoms with Gasteiger partial charge in [-0.15, -0.1) is 0 Å². The first-order valence-corrected chi connectivity index (χ1v) is 8.47. The van der Waals surface area contributed by atoms with E-state index in [9.17, 15) is 0 Å². The number of likely N-dealkylation sites (tertiary alicyclic amines) is 1. The van der Waals surface area contributed by atoms with Crippen molar-refractivity contribution in [2.45, 2.75) is 59.0 Å². The monoisotopic (exact) mass is 288 g/mol. The van der Waals surface area contributed by atoms with Gasteiger partial charge < -0.3 is 10.2 Å². The molecule has 2 rings (SSSR count). The Morgan fingerprint density at radius 2 is 1.76 bits per heavy atom. The van der Waals surface area contributed by atoms with Crippen LogP contribution in [0.1, 0.15) is 46.1 Å². The summed E-state index contributed by atoms with van der Waals surface area (Å²) in [7, 11) is 0. The topological polar surface area (TPSA) is 15.3 Å². The Bertz CT molecular complexity index is 399. The first-order valence-electron chi connectivity index (χ1n) is 8.47. The molecule has 0 saturated carbocycles. The molecule has 0 aliphatic carbocycles. The highest BCUT2D eigenvalue weighted by Gasteiger charge is 2.25. The molecule has 0 amide bonds. The molecule has 1 fully saturated rings. The van der Waals surface area contributed by atoms with Crippen molar-refractivity contribution in [3.05, 3.63) is 35.9 Å². The Hall–Kier alpha value is -0.860. The number of hydrogen-bond acceptors (Lipinski definition) is 2. The molecule has 1 N–H and O–H groups in total. The Labute approximate surface area is 130 Å². The van der Waals surface area contributed by atoms with Crippen molar-refractivity contribution in [2.24, 2.45) is 5.41 Å². The van der Waals surface area contributed by atoms with Crippen LogP contribution in [-0.2, 0) is 6.42 Å². The number of hydrogen-bond donors (Lipinski definition) is 1. The highest BCUT2D eigenvalue weighted by Crippen LogP contribution is 2.21. The highest BCUT2D eigenvalue weighted by atomic mass is 15.1. The third-order valence-corrected chi connectivity index (χ3v) is 4.93. The van der Waals surface area contributed by atoms with E-state index in [-0.39, 0.29) is 0 Å². The molecule has 0 aromatic heterocycles. The van der Waals surface area contributed by atoms with Crippen LogP contribution in [0.3, 0.4) is 0 Å². The fourth-order valence-corrected chi connectivity index (χ4v) is 2.86. The maximum Gasteiger partial charge on any atom is 0.00941 e. The third kappa shape index (κ3) is 5.44. The predicted octanol–water partition coefficient (Wildman–Crippen LogP) is 3.72. The number of piperidine rings is 1. The second-order valence-electron chi connectivity index (χ2n) is 7.61. The van der Waals surface area contributed by atoms with E-state index in [0.717, 1.165) is 0 Å². The van der Waals surface area contributed by atoms with Crippen LogP contribution >= 0.6 is 0 Å². The molecule has 1 aliphatic rings. The predicted molar refractivity (Wildman–Crippen MR) is 91.7 cm³/mol. The molecule has 1 saturated heterocycles. The Kier molecular flexibility index (Phi) is 5.83. The molecule has 118 valence electrons. The van der Waals surface area contributed by atoms with E-state index < -0.39 is 0 Å². The maximum absolute atomic E-state index is 3.83. The molecule has 1 aliphatic heterocycles. The van der Waals surface area contributed by atoms with Gasteiger partial charge in [-0.25, -0.2) is 0 Å². The zero-order valence-electron chi connectivity index (χ0n) is 14.2. The van der Waals surface area contributed by atoms with Gasteiger partial charge in [0.15, 0.2) is 0 Å². The minimum absolute atomic E-state index is 0.352. The van der Waals surface area contributed by atoms with Crippen molar-refractivity contribution in [1.29, 1.82) is 0 Å². The van der Waals surface area contributed by atoms with Crippen LogP contribution in [0.25, 0.3) is 0 Å². The second kappa shape index (κ2) is 7.42. The lowest BCUT2D eigenvalue weighted by Crippen LogP contribution is -2.49. The quantitative estimate of drug-likeness (QED) is 0.888. The SMILES string of the molecule is CC(NC1CCN(CCc2ccccc2)CC1)C(C)(C)C. The van der Waals surface area contributed by atoms with E-state index in [1.807, 2.05) is 0 Å². The highest BCUT2D eigenvalue weighted by molar-refractivity contribution is 5.14. The molecule has 1 heterocycles. The Morgan fingerprint density at radius 3 is 2.33 bits per heavy atom. The summed E-state index contributed by atoms with van der Waals surface area (Å²) in [4.78, 5) is 2.62. The molecule has 2 heteroatoms. The number of benzene rings is 1. The summed E-state index contributed by atoms with van der Waals surface area (Å²) >= 11 is 0. The minimum atomic E-state index is 0.352. The fraction of sp³-hybridized carbons (Fsp3) is 0.684. The fourth-order valence-electron chi connectivity index (χ4n) is 2.86. The molecule has 1 atom stereocenters. The van der Waals surface area contributed by atoms with E-state index in [0.29, 0.717) is 17.5 Å². The first kappa shape index (κ1) is 16.5. The smallest absolute Gasteiger partial charge is 0.00941 e. The van der Waals surface area contributed by atoms with Gasteiger partial charge in [0.25, 0.3) is 0 Å². The number of rotatable bonds is 5. The van der Waals surface area contributed by atoms with E-state index in [1.54, 1.807) is 0 Å². The summed E-state index contributed by atoms with van der Waals surface area (Å²) in [6.07, 6.45) is 3.75. The molecule has 1 aromatic rings. The van der Waals surface area contributed by atoms with Crippen LogP contribution in [0.15, 0.2) is 30.3 Å². The lowest BCUT2D eigenvalue weighted by atomic mass is 9.87. The van der Waals surface area contributed by atoms with Gasteiger partial charge in [-0.2, -0.15) is 0 Å². The van der Waals surface area contributed by atoms with Gasteiger partial charge >= 0.3 is 0 Å². The van der Waals surface area contributed by atoms with Gasteiger partial charge in [0, 0.05) is 18.6 Å². The van der Waals surface area contributed by atoms with Gasteiger partial charge in [-0.05, 0) is 50.3 Å². The van der Waals surface area contributed by atoms with Crippen molar-refractivity contribution < 1.29 is 0 Å². The minimum Gasteiger partial charge on any atom is -0.311 e. The van der Waals surface area contributed by atoms with Crippen LogP contribution in [-0.4, -0.2) is 36.6 Å². The van der Waals surface area contributed by atoms with E-state index in [1.165, 1.54) is 44.5 Å². The number of nitrogens with zero attached hydrogens (tertiary/aromatic N) is 1. The summed E-state index contributed by atoms with van der Waals surface area (Å²) in [6, 6.07) is 12.1. The maximum atomic E-state index is 3.83. The molecular weight excluding hydrogens is 256 g/mol. The van der Waals surface area contributed by atoms with Crippen molar-refractivity contribution in [2.75, 3.05) is 19.6 Å². The number of nitrogens with one attached hydrogen (secondary N) is 1.